The topological polar surface area (TPSA) is 75.4 Å². The number of nitrogens with zero attached hydrogens (tertiary/aromatic N) is 1. The average Bonchev–Trinajstić information content (AvgIpc) is 2.87. The van der Waals surface area contributed by atoms with E-state index in [0.29, 0.717) is 49.0 Å². The highest BCUT2D eigenvalue weighted by Gasteiger charge is 2.41. The lowest BCUT2D eigenvalue weighted by atomic mass is 9.69. The van der Waals surface area contributed by atoms with E-state index in [-0.39, 0.29) is 30.0 Å². The normalized spacial score (nSPS) is 18.5. The van der Waals surface area contributed by atoms with Gasteiger partial charge in [0.05, 0.1) is 6.04 Å². The van der Waals surface area contributed by atoms with Gasteiger partial charge in [-0.2, -0.15) is 0 Å². The zero-order valence-electron chi connectivity index (χ0n) is 20.6. The quantitative estimate of drug-likeness (QED) is 0.374. The lowest BCUT2D eigenvalue weighted by molar-refractivity contribution is -0.138. The Balaban J connectivity index is 1.52. The molecule has 0 saturated carbocycles. The highest BCUT2D eigenvalue weighted by Crippen LogP contribution is 2.42. The van der Waals surface area contributed by atoms with Crippen LogP contribution in [0.2, 0.25) is 0 Å². The molecule has 0 aromatic heterocycles. The largest absolute Gasteiger partial charge is 0.352 e. The van der Waals surface area contributed by atoms with E-state index in [2.05, 4.69) is 5.32 Å². The minimum Gasteiger partial charge on any atom is -0.352 e. The minimum atomic E-state index is -0.603. The van der Waals surface area contributed by atoms with Crippen molar-refractivity contribution in [3.05, 3.63) is 95.3 Å². The van der Waals surface area contributed by atoms with Gasteiger partial charge in [-0.25, -0.2) is 18.0 Å². The van der Waals surface area contributed by atoms with Gasteiger partial charge in [-0.1, -0.05) is 36.4 Å². The molecule has 0 bridgehead atoms. The summed E-state index contributed by atoms with van der Waals surface area (Å²) < 4.78 is 41.9. The molecule has 1 fully saturated rings. The molecule has 3 aromatic rings. The van der Waals surface area contributed by atoms with Crippen LogP contribution >= 0.6 is 0 Å². The molecule has 3 amide bonds. The molecule has 37 heavy (non-hydrogen) atoms. The van der Waals surface area contributed by atoms with Gasteiger partial charge in [0.15, 0.2) is 0 Å². The third-order valence-electron chi connectivity index (χ3n) is 7.33. The van der Waals surface area contributed by atoms with E-state index in [1.807, 2.05) is 6.92 Å². The van der Waals surface area contributed by atoms with Crippen molar-refractivity contribution in [1.29, 1.82) is 0 Å². The average molecular weight is 510 g/mol. The van der Waals surface area contributed by atoms with E-state index in [4.69, 9.17) is 5.73 Å². The lowest BCUT2D eigenvalue weighted by Crippen LogP contribution is -2.47. The first-order chi connectivity index (χ1) is 17.7. The fourth-order valence-electron chi connectivity index (χ4n) is 5.23. The van der Waals surface area contributed by atoms with Gasteiger partial charge in [-0.15, -0.1) is 0 Å². The minimum absolute atomic E-state index is 0.0750. The fraction of sp³-hybridized carbons (Fsp3) is 0.310. The molecular weight excluding hydrogens is 479 g/mol. The zero-order valence-corrected chi connectivity index (χ0v) is 20.6. The number of primary amides is 1. The van der Waals surface area contributed by atoms with Gasteiger partial charge in [0.25, 0.3) is 0 Å². The number of nitrogens with two attached hydrogens (primary N) is 1. The van der Waals surface area contributed by atoms with Crippen LogP contribution in [-0.2, 0) is 10.2 Å². The summed E-state index contributed by atoms with van der Waals surface area (Å²) in [7, 11) is 0. The standard InChI is InChI=1S/C29H30F3N3O2/c1-19(21-5-12-25(26(32)17-21)20-3-8-23(30)9-4-20)35-16-14-29(18-27(35)36,13-2-15-34-28(33)37)22-6-10-24(31)11-7-22/h3-12,17,19H,2,13-16,18H2,1H3,(H3,33,34,37)/t19-,29-/m0/s1. The maximum absolute atomic E-state index is 15.0. The summed E-state index contributed by atoms with van der Waals surface area (Å²) in [6.45, 7) is 2.69. The smallest absolute Gasteiger partial charge is 0.312 e. The maximum Gasteiger partial charge on any atom is 0.312 e. The first kappa shape index (κ1) is 26.3. The van der Waals surface area contributed by atoms with Gasteiger partial charge in [0, 0.05) is 30.5 Å². The SMILES string of the molecule is C[C@@H](c1ccc(-c2ccc(F)cc2)c(F)c1)N1CC[C@](CCCNC(N)=O)(c2ccc(F)cc2)CC1=O. The molecule has 0 unspecified atom stereocenters. The molecule has 2 atom stereocenters. The van der Waals surface area contributed by atoms with Crippen molar-refractivity contribution in [2.75, 3.05) is 13.1 Å². The van der Waals surface area contributed by atoms with Crippen molar-refractivity contribution < 1.29 is 22.8 Å². The van der Waals surface area contributed by atoms with Crippen LogP contribution in [0.15, 0.2) is 66.7 Å². The third-order valence-corrected chi connectivity index (χ3v) is 7.33. The van der Waals surface area contributed by atoms with Crippen molar-refractivity contribution in [1.82, 2.24) is 10.2 Å². The Hall–Kier alpha value is -3.81. The van der Waals surface area contributed by atoms with Crippen molar-refractivity contribution in [2.45, 2.75) is 44.1 Å². The monoisotopic (exact) mass is 509 g/mol. The first-order valence-electron chi connectivity index (χ1n) is 12.3. The number of rotatable bonds is 8. The molecule has 0 radical (unpaired) electrons. The van der Waals surface area contributed by atoms with Crippen molar-refractivity contribution in [3.8, 4) is 11.1 Å². The van der Waals surface area contributed by atoms with Crippen LogP contribution in [0.4, 0.5) is 18.0 Å². The highest BCUT2D eigenvalue weighted by atomic mass is 19.1. The van der Waals surface area contributed by atoms with Gasteiger partial charge in [-0.05, 0) is 73.2 Å². The Labute approximate surface area is 214 Å². The molecule has 8 heteroatoms. The summed E-state index contributed by atoms with van der Waals surface area (Å²) in [5, 5.41) is 2.58. The van der Waals surface area contributed by atoms with Crippen molar-refractivity contribution >= 4 is 11.9 Å². The molecule has 0 aliphatic carbocycles. The van der Waals surface area contributed by atoms with Gasteiger partial charge in [-0.3, -0.25) is 4.79 Å². The number of benzene rings is 3. The summed E-state index contributed by atoms with van der Waals surface area (Å²) in [4.78, 5) is 26.2. The summed E-state index contributed by atoms with van der Waals surface area (Å²) in [6.07, 6.45) is 2.09. The second-order valence-corrected chi connectivity index (χ2v) is 9.62. The van der Waals surface area contributed by atoms with Gasteiger partial charge < -0.3 is 16.0 Å². The highest BCUT2D eigenvalue weighted by molar-refractivity contribution is 5.79. The Morgan fingerprint density at radius 1 is 1.03 bits per heavy atom. The molecule has 1 aliphatic heterocycles. The molecule has 1 aliphatic rings. The van der Waals surface area contributed by atoms with Gasteiger partial charge in [0.2, 0.25) is 5.91 Å². The van der Waals surface area contributed by atoms with Crippen LogP contribution in [0.1, 0.15) is 49.8 Å². The molecule has 4 rings (SSSR count). The predicted octanol–water partition coefficient (Wildman–Crippen LogP) is 5.84. The second kappa shape index (κ2) is 11.1. The number of likely N-dealkylation sites (tertiary alicyclic amines) is 1. The zero-order chi connectivity index (χ0) is 26.6. The van der Waals surface area contributed by atoms with E-state index < -0.39 is 17.3 Å². The van der Waals surface area contributed by atoms with E-state index in [1.165, 1.54) is 42.5 Å². The molecule has 194 valence electrons. The second-order valence-electron chi connectivity index (χ2n) is 9.62. The number of carbonyl (C=O) groups is 2. The van der Waals surface area contributed by atoms with Crippen LogP contribution in [0.5, 0.6) is 0 Å². The Morgan fingerprint density at radius 2 is 1.68 bits per heavy atom. The molecule has 5 nitrogen and oxygen atoms in total. The number of hydrogen-bond donors (Lipinski definition) is 2. The van der Waals surface area contributed by atoms with Crippen molar-refractivity contribution in [3.63, 3.8) is 0 Å². The summed E-state index contributed by atoms with van der Waals surface area (Å²) in [5.41, 5.74) is 7.14. The first-order valence-corrected chi connectivity index (χ1v) is 12.3. The number of hydrogen-bond acceptors (Lipinski definition) is 2. The number of urea groups is 1. The van der Waals surface area contributed by atoms with Crippen LogP contribution in [0.25, 0.3) is 11.1 Å². The Morgan fingerprint density at radius 3 is 2.27 bits per heavy atom. The molecule has 1 heterocycles. The van der Waals surface area contributed by atoms with Crippen LogP contribution in [0, 0.1) is 17.5 Å². The van der Waals surface area contributed by atoms with E-state index in [9.17, 15) is 18.4 Å². The summed E-state index contributed by atoms with van der Waals surface area (Å²) >= 11 is 0. The predicted molar refractivity (Wildman–Crippen MR) is 136 cm³/mol. The Bertz CT molecular complexity index is 1260. The Kier molecular flexibility index (Phi) is 7.86. The summed E-state index contributed by atoms with van der Waals surface area (Å²) in [6, 6.07) is 15.7. The van der Waals surface area contributed by atoms with Crippen LogP contribution in [0.3, 0.4) is 0 Å². The number of halogens is 3. The third kappa shape index (κ3) is 5.96. The number of nitrogens with one attached hydrogen (secondary N) is 1. The van der Waals surface area contributed by atoms with E-state index >= 15 is 4.39 Å². The van der Waals surface area contributed by atoms with E-state index in [1.54, 1.807) is 29.2 Å². The maximum atomic E-state index is 15.0. The number of amides is 3. The van der Waals surface area contributed by atoms with Gasteiger partial charge in [0.1, 0.15) is 17.5 Å². The van der Waals surface area contributed by atoms with Gasteiger partial charge >= 0.3 is 6.03 Å². The molecule has 0 spiro atoms. The summed E-state index contributed by atoms with van der Waals surface area (Å²) in [5.74, 6) is -1.26. The molecule has 1 saturated heterocycles. The van der Waals surface area contributed by atoms with Crippen molar-refractivity contribution in [2.24, 2.45) is 5.73 Å². The lowest BCUT2D eigenvalue weighted by Gasteiger charge is -2.44. The number of piperidine rings is 1. The molecule has 3 aromatic carbocycles. The molecule has 3 N–H and O–H groups in total. The molecular formula is C29H30F3N3O2. The van der Waals surface area contributed by atoms with Crippen LogP contribution < -0.4 is 11.1 Å². The van der Waals surface area contributed by atoms with Crippen LogP contribution in [-0.4, -0.2) is 29.9 Å². The fourth-order valence-corrected chi connectivity index (χ4v) is 5.23. The van der Waals surface area contributed by atoms with E-state index in [0.717, 1.165) is 5.56 Å². The number of carbonyl (C=O) groups excluding carboxylic acids is 2.